The van der Waals surface area contributed by atoms with Crippen molar-refractivity contribution in [3.8, 4) is 17.0 Å². The molecule has 1 saturated heterocycles. The molecule has 2 heterocycles. The maximum absolute atomic E-state index is 12.6. The molecule has 0 radical (unpaired) electrons. The van der Waals surface area contributed by atoms with Crippen molar-refractivity contribution in [2.75, 3.05) is 23.9 Å². The molecule has 1 aliphatic heterocycles. The number of nitrogens with one attached hydrogen (secondary N) is 1. The Morgan fingerprint density at radius 3 is 2.66 bits per heavy atom. The monoisotopic (exact) mass is 391 g/mol. The van der Waals surface area contributed by atoms with Gasteiger partial charge in [0.25, 0.3) is 5.91 Å². The standard InChI is InChI=1S/C22H21N3O4/c1-14-5-7-15(8-6-14)17-13-20(29-24-17)22(27)23-16-9-10-19(28-2)18(12-16)25-11-3-4-21(25)26/h5-10,12-13H,3-4,11H2,1-2H3,(H,23,27). The molecule has 4 rings (SSSR count). The Kier molecular flexibility index (Phi) is 5.03. The molecule has 7 nitrogen and oxygen atoms in total. The maximum Gasteiger partial charge on any atom is 0.294 e. The molecule has 1 aromatic heterocycles. The predicted octanol–water partition coefficient (Wildman–Crippen LogP) is 4.04. The number of aromatic nitrogens is 1. The van der Waals surface area contributed by atoms with Gasteiger partial charge in [-0.05, 0) is 31.5 Å². The number of rotatable bonds is 5. The van der Waals surface area contributed by atoms with Gasteiger partial charge in [0.2, 0.25) is 11.7 Å². The number of nitrogens with zero attached hydrogens (tertiary/aromatic N) is 2. The average molecular weight is 391 g/mol. The fraction of sp³-hybridized carbons (Fsp3) is 0.227. The predicted molar refractivity (Wildman–Crippen MR) is 109 cm³/mol. The van der Waals surface area contributed by atoms with Crippen LogP contribution >= 0.6 is 0 Å². The third-order valence-electron chi connectivity index (χ3n) is 4.88. The van der Waals surface area contributed by atoms with Crippen LogP contribution in [-0.4, -0.2) is 30.6 Å². The van der Waals surface area contributed by atoms with Gasteiger partial charge < -0.3 is 19.5 Å². The van der Waals surface area contributed by atoms with E-state index in [2.05, 4.69) is 10.5 Å². The largest absolute Gasteiger partial charge is 0.495 e. The number of hydrogen-bond acceptors (Lipinski definition) is 5. The van der Waals surface area contributed by atoms with Gasteiger partial charge in [-0.15, -0.1) is 0 Å². The Morgan fingerprint density at radius 2 is 1.97 bits per heavy atom. The summed E-state index contributed by atoms with van der Waals surface area (Å²) in [6, 6.07) is 14.6. The number of hydrogen-bond donors (Lipinski definition) is 1. The molecule has 0 atom stereocenters. The van der Waals surface area contributed by atoms with Gasteiger partial charge in [-0.3, -0.25) is 9.59 Å². The second-order valence-corrected chi connectivity index (χ2v) is 6.93. The van der Waals surface area contributed by atoms with Crippen molar-refractivity contribution in [3.05, 3.63) is 59.9 Å². The Labute approximate surface area is 168 Å². The van der Waals surface area contributed by atoms with E-state index in [9.17, 15) is 9.59 Å². The summed E-state index contributed by atoms with van der Waals surface area (Å²) >= 11 is 0. The minimum atomic E-state index is -0.417. The molecule has 2 aromatic carbocycles. The lowest BCUT2D eigenvalue weighted by Gasteiger charge is -2.20. The number of methoxy groups -OCH3 is 1. The highest BCUT2D eigenvalue weighted by atomic mass is 16.5. The van der Waals surface area contributed by atoms with Crippen molar-refractivity contribution in [3.63, 3.8) is 0 Å². The second kappa shape index (κ2) is 7.79. The van der Waals surface area contributed by atoms with Crippen LogP contribution in [0.2, 0.25) is 0 Å². The molecule has 0 bridgehead atoms. The molecule has 1 fully saturated rings. The summed E-state index contributed by atoms with van der Waals surface area (Å²) in [6.45, 7) is 2.64. The zero-order chi connectivity index (χ0) is 20.4. The summed E-state index contributed by atoms with van der Waals surface area (Å²) < 4.78 is 10.6. The normalized spacial score (nSPS) is 13.6. The van der Waals surface area contributed by atoms with Crippen LogP contribution in [0.15, 0.2) is 53.1 Å². The zero-order valence-electron chi connectivity index (χ0n) is 16.3. The van der Waals surface area contributed by atoms with Crippen LogP contribution in [0.1, 0.15) is 29.0 Å². The minimum Gasteiger partial charge on any atom is -0.495 e. The first kappa shape index (κ1) is 18.7. The Hall–Kier alpha value is -3.61. The smallest absolute Gasteiger partial charge is 0.294 e. The lowest BCUT2D eigenvalue weighted by molar-refractivity contribution is -0.117. The van der Waals surface area contributed by atoms with Crippen molar-refractivity contribution in [1.29, 1.82) is 0 Å². The van der Waals surface area contributed by atoms with Crippen LogP contribution in [-0.2, 0) is 4.79 Å². The number of carbonyl (C=O) groups excluding carboxylic acids is 2. The highest BCUT2D eigenvalue weighted by Crippen LogP contribution is 2.34. The van der Waals surface area contributed by atoms with Crippen molar-refractivity contribution >= 4 is 23.2 Å². The molecule has 0 aliphatic carbocycles. The van der Waals surface area contributed by atoms with E-state index >= 15 is 0 Å². The summed E-state index contributed by atoms with van der Waals surface area (Å²) in [5, 5.41) is 6.78. The van der Waals surface area contributed by atoms with Crippen molar-refractivity contribution in [2.24, 2.45) is 0 Å². The highest BCUT2D eigenvalue weighted by molar-refractivity contribution is 6.04. The van der Waals surface area contributed by atoms with Gasteiger partial charge in [0.15, 0.2) is 0 Å². The van der Waals surface area contributed by atoms with E-state index in [1.54, 1.807) is 36.3 Å². The van der Waals surface area contributed by atoms with Crippen molar-refractivity contribution in [1.82, 2.24) is 5.16 Å². The third kappa shape index (κ3) is 3.85. The molecule has 0 saturated carbocycles. The van der Waals surface area contributed by atoms with Crippen molar-refractivity contribution in [2.45, 2.75) is 19.8 Å². The molecule has 0 unspecified atom stereocenters. The topological polar surface area (TPSA) is 84.7 Å². The van der Waals surface area contributed by atoms with E-state index in [0.29, 0.717) is 35.8 Å². The molecular weight excluding hydrogens is 370 g/mol. The molecule has 29 heavy (non-hydrogen) atoms. The summed E-state index contributed by atoms with van der Waals surface area (Å²) in [5.74, 6) is 0.319. The van der Waals surface area contributed by atoms with Crippen LogP contribution in [0.3, 0.4) is 0 Å². The van der Waals surface area contributed by atoms with Crippen LogP contribution < -0.4 is 15.0 Å². The first-order valence-corrected chi connectivity index (χ1v) is 9.38. The van der Waals surface area contributed by atoms with E-state index < -0.39 is 5.91 Å². The number of carbonyl (C=O) groups is 2. The van der Waals surface area contributed by atoms with Crippen LogP contribution in [0.4, 0.5) is 11.4 Å². The lowest BCUT2D eigenvalue weighted by atomic mass is 10.1. The Bertz CT molecular complexity index is 1060. The van der Waals surface area contributed by atoms with Crippen LogP contribution in [0.25, 0.3) is 11.3 Å². The van der Waals surface area contributed by atoms with E-state index in [1.165, 1.54) is 0 Å². The van der Waals surface area contributed by atoms with Crippen molar-refractivity contribution < 1.29 is 18.8 Å². The summed E-state index contributed by atoms with van der Waals surface area (Å²) in [4.78, 5) is 26.4. The Balaban J connectivity index is 1.54. The van der Waals surface area contributed by atoms with E-state index in [-0.39, 0.29) is 11.7 Å². The SMILES string of the molecule is COc1ccc(NC(=O)c2cc(-c3ccc(C)cc3)no2)cc1N1CCCC1=O. The summed E-state index contributed by atoms with van der Waals surface area (Å²) in [5.41, 5.74) is 3.79. The molecular formula is C22H21N3O4. The number of benzene rings is 2. The van der Waals surface area contributed by atoms with Gasteiger partial charge in [-0.25, -0.2) is 0 Å². The number of aryl methyl sites for hydroxylation is 1. The Morgan fingerprint density at radius 1 is 1.17 bits per heavy atom. The summed E-state index contributed by atoms with van der Waals surface area (Å²) in [6.07, 6.45) is 1.32. The minimum absolute atomic E-state index is 0.0461. The van der Waals surface area contributed by atoms with Gasteiger partial charge in [-0.1, -0.05) is 35.0 Å². The van der Waals surface area contributed by atoms with E-state index in [4.69, 9.17) is 9.26 Å². The number of anilines is 2. The number of ether oxygens (including phenoxy) is 1. The van der Waals surface area contributed by atoms with E-state index in [1.807, 2.05) is 31.2 Å². The first-order chi connectivity index (χ1) is 14.0. The fourth-order valence-electron chi connectivity index (χ4n) is 3.32. The van der Waals surface area contributed by atoms with Gasteiger partial charge in [-0.2, -0.15) is 0 Å². The second-order valence-electron chi connectivity index (χ2n) is 6.93. The fourth-order valence-corrected chi connectivity index (χ4v) is 3.32. The molecule has 1 aliphatic rings. The quantitative estimate of drug-likeness (QED) is 0.710. The maximum atomic E-state index is 12.6. The lowest BCUT2D eigenvalue weighted by Crippen LogP contribution is -2.24. The van der Waals surface area contributed by atoms with Gasteiger partial charge in [0, 0.05) is 30.3 Å². The molecule has 1 N–H and O–H groups in total. The molecule has 7 heteroatoms. The third-order valence-corrected chi connectivity index (χ3v) is 4.88. The van der Waals surface area contributed by atoms with Crippen LogP contribution in [0, 0.1) is 6.92 Å². The zero-order valence-corrected chi connectivity index (χ0v) is 16.3. The average Bonchev–Trinajstić information content (AvgIpc) is 3.38. The van der Waals surface area contributed by atoms with Gasteiger partial charge >= 0.3 is 0 Å². The first-order valence-electron chi connectivity index (χ1n) is 9.38. The highest BCUT2D eigenvalue weighted by Gasteiger charge is 2.25. The molecule has 0 spiro atoms. The van der Waals surface area contributed by atoms with Crippen LogP contribution in [0.5, 0.6) is 5.75 Å². The molecule has 148 valence electrons. The van der Waals surface area contributed by atoms with E-state index in [0.717, 1.165) is 17.5 Å². The van der Waals surface area contributed by atoms with Gasteiger partial charge in [0.1, 0.15) is 11.4 Å². The summed E-state index contributed by atoms with van der Waals surface area (Å²) in [7, 11) is 1.55. The molecule has 3 aromatic rings. The molecule has 2 amide bonds. The number of amides is 2. The van der Waals surface area contributed by atoms with Gasteiger partial charge in [0.05, 0.1) is 12.8 Å².